The normalized spacial score (nSPS) is 13.5. The molecule has 1 heteroatoms. The summed E-state index contributed by atoms with van der Waals surface area (Å²) in [5, 5.41) is 7.35. The van der Waals surface area contributed by atoms with Crippen LogP contribution in [0.5, 0.6) is 0 Å². The van der Waals surface area contributed by atoms with Gasteiger partial charge in [0.05, 0.1) is 5.41 Å². The first kappa shape index (κ1) is 28.0. The van der Waals surface area contributed by atoms with Crippen LogP contribution in [0.2, 0.25) is 0 Å². The third-order valence-electron chi connectivity index (χ3n) is 11.9. The molecule has 2 aliphatic rings. The van der Waals surface area contributed by atoms with E-state index in [1.807, 2.05) is 12.1 Å². The van der Waals surface area contributed by atoms with Gasteiger partial charge in [-0.25, -0.2) is 0 Å². The summed E-state index contributed by atoms with van der Waals surface area (Å²) in [7, 11) is 0. The molecule has 1 nitrogen and oxygen atoms in total. The maximum Gasteiger partial charge on any atom is 0.135 e. The van der Waals surface area contributed by atoms with Gasteiger partial charge in [0.1, 0.15) is 11.2 Å². The summed E-state index contributed by atoms with van der Waals surface area (Å²) in [6.07, 6.45) is 0. The summed E-state index contributed by atoms with van der Waals surface area (Å²) < 4.78 is 6.11. The lowest BCUT2D eigenvalue weighted by atomic mass is 9.70. The molecule has 0 amide bonds. The van der Waals surface area contributed by atoms with Crippen LogP contribution in [0.15, 0.2) is 186 Å². The van der Waals surface area contributed by atoms with E-state index >= 15 is 0 Å². The van der Waals surface area contributed by atoms with Gasteiger partial charge >= 0.3 is 0 Å². The van der Waals surface area contributed by atoms with E-state index in [2.05, 4.69) is 170 Å². The lowest BCUT2D eigenvalue weighted by molar-refractivity contribution is 0.669. The van der Waals surface area contributed by atoms with Crippen molar-refractivity contribution in [1.82, 2.24) is 0 Å². The van der Waals surface area contributed by atoms with Gasteiger partial charge < -0.3 is 4.42 Å². The molecule has 0 aliphatic heterocycles. The van der Waals surface area contributed by atoms with Gasteiger partial charge in [0.15, 0.2) is 0 Å². The molecule has 0 radical (unpaired) electrons. The predicted molar refractivity (Wildman–Crippen MR) is 216 cm³/mol. The molecule has 1 aromatic heterocycles. The molecule has 0 saturated heterocycles. The molecule has 9 aromatic carbocycles. The first-order valence-corrected chi connectivity index (χ1v) is 18.1. The van der Waals surface area contributed by atoms with Crippen molar-refractivity contribution < 1.29 is 4.42 Å². The molecular formula is C51H30O. The number of para-hydroxylation sites is 1. The molecule has 0 N–H and O–H groups in total. The molecular weight excluding hydrogens is 629 g/mol. The van der Waals surface area contributed by atoms with Crippen LogP contribution in [0.4, 0.5) is 0 Å². The third kappa shape index (κ3) is 3.57. The smallest absolute Gasteiger partial charge is 0.135 e. The SMILES string of the molecule is c1ccc2c(c1)-c1ccccc1C21c2ccccc2-c2c1cc(-c1ccc3cc(-c4ccc5oc6ccccc6c5c4)ccc3c1)c1ccccc21. The molecule has 0 saturated carbocycles. The number of hydrogen-bond acceptors (Lipinski definition) is 1. The van der Waals surface area contributed by atoms with Crippen LogP contribution >= 0.6 is 0 Å². The molecule has 0 bridgehead atoms. The van der Waals surface area contributed by atoms with Crippen molar-refractivity contribution in [3.8, 4) is 44.5 Å². The van der Waals surface area contributed by atoms with Crippen molar-refractivity contribution in [1.29, 1.82) is 0 Å². The Morgan fingerprint density at radius 3 is 1.58 bits per heavy atom. The van der Waals surface area contributed by atoms with Crippen LogP contribution in [0.25, 0.3) is 88.0 Å². The Hall–Kier alpha value is -6.70. The Kier molecular flexibility index (Phi) is 5.49. The molecule has 0 atom stereocenters. The van der Waals surface area contributed by atoms with Crippen molar-refractivity contribution in [2.75, 3.05) is 0 Å². The fourth-order valence-electron chi connectivity index (χ4n) is 9.69. The Morgan fingerprint density at radius 1 is 0.308 bits per heavy atom. The zero-order valence-electron chi connectivity index (χ0n) is 28.2. The summed E-state index contributed by atoms with van der Waals surface area (Å²) in [4.78, 5) is 0. The van der Waals surface area contributed by atoms with Crippen LogP contribution in [0, 0.1) is 0 Å². The standard InChI is InChI=1S/C51H30O/c1-2-15-40-36(11-1)42(30-47-50(40)41-16-5-9-19-46(41)51(47)44-17-7-3-12-37(44)38-13-4-8-18-45(38)51)35-24-23-31-27-32(21-22-33(31)28-35)34-25-26-49-43(29-34)39-14-6-10-20-48(39)52-49/h1-30H. The molecule has 10 aromatic rings. The van der Waals surface area contributed by atoms with Crippen LogP contribution in [-0.2, 0) is 5.41 Å². The fourth-order valence-corrected chi connectivity index (χ4v) is 9.69. The molecule has 240 valence electrons. The number of benzene rings is 9. The minimum absolute atomic E-state index is 0.384. The minimum atomic E-state index is -0.384. The zero-order valence-corrected chi connectivity index (χ0v) is 28.2. The van der Waals surface area contributed by atoms with Crippen LogP contribution in [0.1, 0.15) is 22.3 Å². The van der Waals surface area contributed by atoms with E-state index in [0.717, 1.165) is 21.9 Å². The van der Waals surface area contributed by atoms with Gasteiger partial charge in [-0.3, -0.25) is 0 Å². The van der Waals surface area contributed by atoms with E-state index in [9.17, 15) is 0 Å². The van der Waals surface area contributed by atoms with Crippen molar-refractivity contribution >= 4 is 43.5 Å². The van der Waals surface area contributed by atoms with Crippen molar-refractivity contribution in [3.05, 3.63) is 204 Å². The van der Waals surface area contributed by atoms with Gasteiger partial charge in [-0.05, 0) is 125 Å². The van der Waals surface area contributed by atoms with Gasteiger partial charge in [0, 0.05) is 10.8 Å². The zero-order chi connectivity index (χ0) is 34.0. The first-order valence-electron chi connectivity index (χ1n) is 18.1. The van der Waals surface area contributed by atoms with Gasteiger partial charge in [-0.1, -0.05) is 146 Å². The van der Waals surface area contributed by atoms with Crippen LogP contribution < -0.4 is 0 Å². The number of furan rings is 1. The summed E-state index contributed by atoms with van der Waals surface area (Å²) in [6.45, 7) is 0. The van der Waals surface area contributed by atoms with Crippen molar-refractivity contribution in [2.45, 2.75) is 5.41 Å². The van der Waals surface area contributed by atoms with Gasteiger partial charge in [-0.15, -0.1) is 0 Å². The lowest BCUT2D eigenvalue weighted by Gasteiger charge is -2.31. The Labute approximate surface area is 301 Å². The van der Waals surface area contributed by atoms with Gasteiger partial charge in [-0.2, -0.15) is 0 Å². The Bertz CT molecular complexity index is 3090. The van der Waals surface area contributed by atoms with E-state index in [1.54, 1.807) is 0 Å². The van der Waals surface area contributed by atoms with E-state index in [-0.39, 0.29) is 5.41 Å². The minimum Gasteiger partial charge on any atom is -0.456 e. The van der Waals surface area contributed by atoms with Crippen molar-refractivity contribution in [3.63, 3.8) is 0 Å². The first-order chi connectivity index (χ1) is 25.8. The molecule has 0 unspecified atom stereocenters. The summed E-state index contributed by atoms with van der Waals surface area (Å²) in [5.41, 5.74) is 17.2. The highest BCUT2D eigenvalue weighted by Gasteiger charge is 2.52. The summed E-state index contributed by atoms with van der Waals surface area (Å²) >= 11 is 0. The monoisotopic (exact) mass is 658 g/mol. The van der Waals surface area contributed by atoms with E-state index in [0.29, 0.717) is 0 Å². The Morgan fingerprint density at radius 2 is 0.827 bits per heavy atom. The van der Waals surface area contributed by atoms with E-state index in [4.69, 9.17) is 4.42 Å². The topological polar surface area (TPSA) is 13.1 Å². The van der Waals surface area contributed by atoms with Gasteiger partial charge in [0.25, 0.3) is 0 Å². The number of fused-ring (bicyclic) bond motifs is 16. The van der Waals surface area contributed by atoms with Crippen LogP contribution in [-0.4, -0.2) is 0 Å². The molecule has 1 spiro atoms. The second kappa shape index (κ2) is 10.2. The predicted octanol–water partition coefficient (Wildman–Crippen LogP) is 13.6. The fraction of sp³-hybridized carbons (Fsp3) is 0.0196. The van der Waals surface area contributed by atoms with Gasteiger partial charge in [0.2, 0.25) is 0 Å². The second-order valence-corrected chi connectivity index (χ2v) is 14.4. The van der Waals surface area contributed by atoms with E-state index in [1.165, 1.54) is 88.3 Å². The summed E-state index contributed by atoms with van der Waals surface area (Å²) in [6, 6.07) is 67.4. The summed E-state index contributed by atoms with van der Waals surface area (Å²) in [5.74, 6) is 0. The van der Waals surface area contributed by atoms with Crippen LogP contribution in [0.3, 0.4) is 0 Å². The second-order valence-electron chi connectivity index (χ2n) is 14.4. The highest BCUT2D eigenvalue weighted by molar-refractivity contribution is 6.12. The third-order valence-corrected chi connectivity index (χ3v) is 11.9. The number of rotatable bonds is 2. The molecule has 0 fully saturated rings. The highest BCUT2D eigenvalue weighted by atomic mass is 16.3. The molecule has 52 heavy (non-hydrogen) atoms. The Balaban J connectivity index is 1.07. The largest absolute Gasteiger partial charge is 0.456 e. The lowest BCUT2D eigenvalue weighted by Crippen LogP contribution is -2.25. The highest BCUT2D eigenvalue weighted by Crippen LogP contribution is 2.64. The maximum absolute atomic E-state index is 6.11. The molecule has 12 rings (SSSR count). The molecule has 1 heterocycles. The quantitative estimate of drug-likeness (QED) is 0.180. The average molecular weight is 659 g/mol. The number of hydrogen-bond donors (Lipinski definition) is 0. The maximum atomic E-state index is 6.11. The molecule has 2 aliphatic carbocycles. The van der Waals surface area contributed by atoms with E-state index < -0.39 is 0 Å². The average Bonchev–Trinajstić information content (AvgIpc) is 3.84. The van der Waals surface area contributed by atoms with Crippen molar-refractivity contribution in [2.24, 2.45) is 0 Å².